The van der Waals surface area contributed by atoms with Gasteiger partial charge in [-0.05, 0) is 77.8 Å². The molecule has 1 heteroatoms. The molecule has 0 spiro atoms. The molecule has 6 aromatic carbocycles. The summed E-state index contributed by atoms with van der Waals surface area (Å²) in [6.07, 6.45) is 0. The highest BCUT2D eigenvalue weighted by atomic mass is 79.9. The smallest absolute Gasteiger partial charge is 0.0260 e. The van der Waals surface area contributed by atoms with E-state index in [-0.39, 0.29) is 5.41 Å². The van der Waals surface area contributed by atoms with Gasteiger partial charge in [0.1, 0.15) is 0 Å². The van der Waals surface area contributed by atoms with E-state index in [1.807, 2.05) is 0 Å². The van der Waals surface area contributed by atoms with Gasteiger partial charge in [-0.15, -0.1) is 0 Å². The molecule has 0 aromatic heterocycles. The van der Waals surface area contributed by atoms with Crippen LogP contribution in [0, 0.1) is 0 Å². The van der Waals surface area contributed by atoms with E-state index in [0.29, 0.717) is 0 Å². The van der Waals surface area contributed by atoms with Gasteiger partial charge in [-0.1, -0.05) is 109 Å². The Morgan fingerprint density at radius 3 is 2.03 bits per heavy atom. The van der Waals surface area contributed by atoms with E-state index < -0.39 is 0 Å². The van der Waals surface area contributed by atoms with E-state index in [0.717, 1.165) is 4.47 Å². The van der Waals surface area contributed by atoms with Crippen molar-refractivity contribution in [3.8, 4) is 22.3 Å². The number of fused-ring (bicyclic) bond motifs is 3. The van der Waals surface area contributed by atoms with Crippen LogP contribution in [0.5, 0.6) is 0 Å². The Balaban J connectivity index is 1.56. The summed E-state index contributed by atoms with van der Waals surface area (Å²) < 4.78 is 1.15. The van der Waals surface area contributed by atoms with Crippen molar-refractivity contribution in [2.75, 3.05) is 0 Å². The van der Waals surface area contributed by atoms with Crippen LogP contribution in [0.25, 0.3) is 54.6 Å². The minimum Gasteiger partial charge on any atom is -0.0619 e. The van der Waals surface area contributed by atoms with Crippen molar-refractivity contribution in [1.82, 2.24) is 0 Å². The molecule has 0 amide bonds. The van der Waals surface area contributed by atoms with Gasteiger partial charge in [0, 0.05) is 9.89 Å². The first-order chi connectivity index (χ1) is 15.5. The molecule has 0 fully saturated rings. The Morgan fingerprint density at radius 1 is 0.531 bits per heavy atom. The highest BCUT2D eigenvalue weighted by Crippen LogP contribution is 2.52. The quantitative estimate of drug-likeness (QED) is 0.209. The minimum atomic E-state index is -0.00877. The first-order valence-corrected chi connectivity index (χ1v) is 11.9. The molecule has 1 aliphatic carbocycles. The summed E-state index contributed by atoms with van der Waals surface area (Å²) in [6, 6.07) is 33.8. The fourth-order valence-electron chi connectivity index (χ4n) is 5.90. The van der Waals surface area contributed by atoms with E-state index in [1.165, 1.54) is 65.7 Å². The van der Waals surface area contributed by atoms with Crippen LogP contribution >= 0.6 is 15.9 Å². The lowest BCUT2D eigenvalue weighted by atomic mass is 9.81. The number of hydrogen-bond donors (Lipinski definition) is 0. The molecule has 0 N–H and O–H groups in total. The van der Waals surface area contributed by atoms with Crippen molar-refractivity contribution in [2.45, 2.75) is 19.3 Å². The molecule has 0 saturated heterocycles. The van der Waals surface area contributed by atoms with Gasteiger partial charge in [-0.25, -0.2) is 0 Å². The van der Waals surface area contributed by atoms with Gasteiger partial charge in [-0.3, -0.25) is 0 Å². The Kier molecular flexibility index (Phi) is 3.57. The predicted molar refractivity (Wildman–Crippen MR) is 141 cm³/mol. The average molecular weight is 473 g/mol. The van der Waals surface area contributed by atoms with Gasteiger partial charge < -0.3 is 0 Å². The van der Waals surface area contributed by atoms with Crippen molar-refractivity contribution in [2.24, 2.45) is 0 Å². The monoisotopic (exact) mass is 472 g/mol. The van der Waals surface area contributed by atoms with Crippen LogP contribution in [0.3, 0.4) is 0 Å². The van der Waals surface area contributed by atoms with Crippen LogP contribution in [0.1, 0.15) is 25.0 Å². The third-order valence-electron chi connectivity index (χ3n) is 7.49. The van der Waals surface area contributed by atoms with Crippen LogP contribution in [-0.4, -0.2) is 0 Å². The zero-order valence-corrected chi connectivity index (χ0v) is 19.6. The van der Waals surface area contributed by atoms with E-state index in [1.54, 1.807) is 0 Å². The lowest BCUT2D eigenvalue weighted by Gasteiger charge is -2.23. The Labute approximate surface area is 196 Å². The average Bonchev–Trinajstić information content (AvgIpc) is 3.03. The van der Waals surface area contributed by atoms with E-state index in [4.69, 9.17) is 0 Å². The fraction of sp³-hybridized carbons (Fsp3) is 0.0968. The van der Waals surface area contributed by atoms with Gasteiger partial charge in [0.25, 0.3) is 0 Å². The second kappa shape index (κ2) is 6.21. The molecule has 0 bridgehead atoms. The summed E-state index contributed by atoms with van der Waals surface area (Å²) in [5.74, 6) is 0. The maximum Gasteiger partial charge on any atom is 0.0260 e. The summed E-state index contributed by atoms with van der Waals surface area (Å²) in [5.41, 5.74) is 8.07. The van der Waals surface area contributed by atoms with Crippen molar-refractivity contribution in [1.29, 1.82) is 0 Å². The molecule has 152 valence electrons. The van der Waals surface area contributed by atoms with Gasteiger partial charge >= 0.3 is 0 Å². The molecular formula is C31H21Br. The third kappa shape index (κ3) is 2.27. The lowest BCUT2D eigenvalue weighted by Crippen LogP contribution is -2.15. The van der Waals surface area contributed by atoms with Crippen LogP contribution in [0.4, 0.5) is 0 Å². The summed E-state index contributed by atoms with van der Waals surface area (Å²) >= 11 is 3.94. The van der Waals surface area contributed by atoms with E-state index >= 15 is 0 Å². The topological polar surface area (TPSA) is 0 Å². The Hall–Kier alpha value is -3.16. The molecule has 1 aliphatic rings. The van der Waals surface area contributed by atoms with Crippen molar-refractivity contribution >= 4 is 48.2 Å². The maximum atomic E-state index is 3.94. The Morgan fingerprint density at radius 2 is 1.22 bits per heavy atom. The molecule has 7 rings (SSSR count). The summed E-state index contributed by atoms with van der Waals surface area (Å²) in [5, 5.41) is 7.98. The van der Waals surface area contributed by atoms with Gasteiger partial charge in [0.05, 0.1) is 0 Å². The molecule has 0 aliphatic heterocycles. The van der Waals surface area contributed by atoms with Crippen LogP contribution in [0.15, 0.2) is 95.5 Å². The minimum absolute atomic E-state index is 0.00877. The number of halogens is 1. The fourth-order valence-corrected chi connectivity index (χ4v) is 6.45. The van der Waals surface area contributed by atoms with Crippen molar-refractivity contribution in [3.05, 3.63) is 107 Å². The summed E-state index contributed by atoms with van der Waals surface area (Å²) in [4.78, 5) is 0. The van der Waals surface area contributed by atoms with Crippen LogP contribution < -0.4 is 0 Å². The highest BCUT2D eigenvalue weighted by Gasteiger charge is 2.36. The normalized spacial score (nSPS) is 14.3. The SMILES string of the molecule is CC1(C)c2ccccc2-c2cc(Br)c(-c3ccc4ccc5cccc6ccc3c4c56)cc21. The highest BCUT2D eigenvalue weighted by molar-refractivity contribution is 9.10. The molecule has 6 aromatic rings. The number of rotatable bonds is 1. The molecule has 0 heterocycles. The number of benzene rings is 6. The summed E-state index contributed by atoms with van der Waals surface area (Å²) in [6.45, 7) is 4.69. The summed E-state index contributed by atoms with van der Waals surface area (Å²) in [7, 11) is 0. The zero-order chi connectivity index (χ0) is 21.6. The lowest BCUT2D eigenvalue weighted by molar-refractivity contribution is 0.660. The zero-order valence-electron chi connectivity index (χ0n) is 18.0. The largest absolute Gasteiger partial charge is 0.0619 e. The van der Waals surface area contributed by atoms with E-state index in [9.17, 15) is 0 Å². The third-order valence-corrected chi connectivity index (χ3v) is 8.15. The van der Waals surface area contributed by atoms with Gasteiger partial charge in [0.15, 0.2) is 0 Å². The second-order valence-corrected chi connectivity index (χ2v) is 10.4. The van der Waals surface area contributed by atoms with Crippen molar-refractivity contribution < 1.29 is 0 Å². The Bertz CT molecular complexity index is 1690. The standard InChI is InChI=1S/C31H21Br/c1-31(2)26-9-4-3-8-22(26)24-17-28(32)25(16-27(24)31)21-14-12-20-11-10-18-6-5-7-19-13-15-23(21)30(20)29(18)19/h3-17H,1-2H3. The second-order valence-electron chi connectivity index (χ2n) is 9.52. The molecule has 0 radical (unpaired) electrons. The molecule has 0 nitrogen and oxygen atoms in total. The van der Waals surface area contributed by atoms with Gasteiger partial charge in [-0.2, -0.15) is 0 Å². The molecule has 32 heavy (non-hydrogen) atoms. The first-order valence-electron chi connectivity index (χ1n) is 11.1. The first kappa shape index (κ1) is 18.4. The van der Waals surface area contributed by atoms with Crippen LogP contribution in [0.2, 0.25) is 0 Å². The molecule has 0 unspecified atom stereocenters. The van der Waals surface area contributed by atoms with Crippen LogP contribution in [-0.2, 0) is 5.41 Å². The number of hydrogen-bond acceptors (Lipinski definition) is 0. The molecule has 0 saturated carbocycles. The maximum absolute atomic E-state index is 3.94. The van der Waals surface area contributed by atoms with Crippen molar-refractivity contribution in [3.63, 3.8) is 0 Å². The molecular weight excluding hydrogens is 452 g/mol. The van der Waals surface area contributed by atoms with Gasteiger partial charge in [0.2, 0.25) is 0 Å². The molecule has 0 atom stereocenters. The predicted octanol–water partition coefficient (Wildman–Crippen LogP) is 9.32. The van der Waals surface area contributed by atoms with E-state index in [2.05, 4.69) is 121 Å².